The van der Waals surface area contributed by atoms with Crippen LogP contribution in [0.2, 0.25) is 0 Å². The summed E-state index contributed by atoms with van der Waals surface area (Å²) >= 11 is 5.49. The fraction of sp³-hybridized carbons (Fsp3) is 0.429. The number of fused-ring (bicyclic) bond motifs is 1. The lowest BCUT2D eigenvalue weighted by atomic mass is 10.0. The highest BCUT2D eigenvalue weighted by Crippen LogP contribution is 2.41. The van der Waals surface area contributed by atoms with Gasteiger partial charge in [-0.2, -0.15) is 0 Å². The third kappa shape index (κ3) is 5.42. The smallest absolute Gasteiger partial charge is 0.359 e. The molecule has 0 bridgehead atoms. The number of hydrogen-bond acceptors (Lipinski definition) is 12. The number of halogens is 1. The number of carbonyl (C=O) groups excluding carboxylic acids is 4. The van der Waals surface area contributed by atoms with Crippen LogP contribution >= 0.6 is 39.0 Å². The predicted molar refractivity (Wildman–Crippen MR) is 135 cm³/mol. The number of carbonyl (C=O) groups is 4. The summed E-state index contributed by atoms with van der Waals surface area (Å²) in [6, 6.07) is -0.938. The van der Waals surface area contributed by atoms with Crippen LogP contribution < -0.4 is 11.1 Å². The highest BCUT2D eigenvalue weighted by molar-refractivity contribution is 9.09. The number of nitrogens with two attached hydrogens (primary N) is 1. The molecule has 1 aromatic rings. The third-order valence-corrected chi connectivity index (χ3v) is 7.66. The summed E-state index contributed by atoms with van der Waals surface area (Å²) in [6.07, 6.45) is 2.93. The average Bonchev–Trinajstić information content (AvgIpc) is 3.62. The second kappa shape index (κ2) is 11.0. The molecule has 36 heavy (non-hydrogen) atoms. The van der Waals surface area contributed by atoms with Crippen molar-refractivity contribution in [3.05, 3.63) is 35.0 Å². The van der Waals surface area contributed by atoms with E-state index in [2.05, 4.69) is 38.0 Å². The first-order valence-electron chi connectivity index (χ1n) is 10.8. The number of ether oxygens (including phenoxy) is 2. The van der Waals surface area contributed by atoms with Crippen LogP contribution in [0.25, 0.3) is 0 Å². The second-order valence-electron chi connectivity index (χ2n) is 7.76. The van der Waals surface area contributed by atoms with Gasteiger partial charge in [0.05, 0.1) is 5.92 Å². The molecule has 0 aromatic carbocycles. The molecule has 2 unspecified atom stereocenters. The van der Waals surface area contributed by atoms with Crippen LogP contribution in [0.15, 0.2) is 34.5 Å². The normalized spacial score (nSPS) is 22.2. The number of amides is 2. The maximum atomic E-state index is 13.1. The number of hydrogen-bond donors (Lipinski definition) is 2. The summed E-state index contributed by atoms with van der Waals surface area (Å²) in [7, 11) is 0. The molecule has 2 amide bonds. The maximum absolute atomic E-state index is 13.1. The monoisotopic (exact) mass is 599 g/mol. The first kappa shape index (κ1) is 26.2. The number of thiazole rings is 1. The Hall–Kier alpha value is -2.91. The summed E-state index contributed by atoms with van der Waals surface area (Å²) in [6.45, 7) is 5.63. The zero-order chi connectivity index (χ0) is 26.0. The molecule has 3 N–H and O–H groups in total. The molecule has 12 nitrogen and oxygen atoms in total. The highest BCUT2D eigenvalue weighted by Gasteiger charge is 2.54. The minimum Gasteiger partial charge on any atom is -0.415 e. The van der Waals surface area contributed by atoms with Crippen LogP contribution in [-0.2, 0) is 33.5 Å². The van der Waals surface area contributed by atoms with Crippen molar-refractivity contribution < 1.29 is 33.5 Å². The van der Waals surface area contributed by atoms with Crippen molar-refractivity contribution in [1.82, 2.24) is 15.2 Å². The number of oxime groups is 1. The zero-order valence-electron chi connectivity index (χ0n) is 19.0. The van der Waals surface area contributed by atoms with Gasteiger partial charge in [-0.05, 0) is 25.3 Å². The number of β-lactam (4-membered cyclic amide) rings is 1. The van der Waals surface area contributed by atoms with Gasteiger partial charge in [-0.15, -0.1) is 23.1 Å². The van der Waals surface area contributed by atoms with E-state index < -0.39 is 40.4 Å². The summed E-state index contributed by atoms with van der Waals surface area (Å²) in [5.74, 6) is -2.37. The van der Waals surface area contributed by atoms with Crippen LogP contribution in [0.4, 0.5) is 5.13 Å². The molecule has 1 saturated heterocycles. The SMILES string of the molecule is C=CC1=C(C(=O)OC(Br)OC(=O)C2CC2)N2C(=O)C(NC(=O)C(=NOCC)c3csc(N)n3)[C@H]2SC1. The van der Waals surface area contributed by atoms with Gasteiger partial charge in [0.15, 0.2) is 10.8 Å². The van der Waals surface area contributed by atoms with Gasteiger partial charge in [0, 0.05) is 27.1 Å². The first-order chi connectivity index (χ1) is 17.2. The van der Waals surface area contributed by atoms with Crippen LogP contribution in [0.5, 0.6) is 0 Å². The lowest BCUT2D eigenvalue weighted by molar-refractivity contribution is -0.173. The molecule has 1 saturated carbocycles. The Labute approximate surface area is 222 Å². The van der Waals surface area contributed by atoms with Crippen molar-refractivity contribution in [3.8, 4) is 0 Å². The lowest BCUT2D eigenvalue weighted by Crippen LogP contribution is -2.71. The van der Waals surface area contributed by atoms with Crippen molar-refractivity contribution in [2.45, 2.75) is 36.4 Å². The van der Waals surface area contributed by atoms with Crippen molar-refractivity contribution in [1.29, 1.82) is 0 Å². The number of rotatable bonds is 10. The van der Waals surface area contributed by atoms with Gasteiger partial charge in [0.2, 0.25) is 0 Å². The minimum atomic E-state index is -1.31. The second-order valence-corrected chi connectivity index (χ2v) is 10.5. The number of nitrogen functional groups attached to an aromatic ring is 1. The summed E-state index contributed by atoms with van der Waals surface area (Å²) in [5, 5.41) is 6.38. The lowest BCUT2D eigenvalue weighted by Gasteiger charge is -2.49. The minimum absolute atomic E-state index is 0.0216. The number of thioether (sulfide) groups is 1. The van der Waals surface area contributed by atoms with E-state index in [-0.39, 0.29) is 34.8 Å². The molecule has 0 spiro atoms. The molecule has 2 fully saturated rings. The van der Waals surface area contributed by atoms with E-state index in [0.717, 1.165) is 24.2 Å². The number of allylic oxidation sites excluding steroid dienone is 1. The van der Waals surface area contributed by atoms with Crippen LogP contribution in [0.3, 0.4) is 0 Å². The highest BCUT2D eigenvalue weighted by atomic mass is 79.9. The number of nitrogens with zero attached hydrogens (tertiary/aromatic N) is 3. The van der Waals surface area contributed by atoms with Crippen LogP contribution in [0, 0.1) is 5.92 Å². The van der Waals surface area contributed by atoms with E-state index in [0.29, 0.717) is 11.3 Å². The Morgan fingerprint density at radius 2 is 2.17 bits per heavy atom. The van der Waals surface area contributed by atoms with Gasteiger partial charge < -0.3 is 25.4 Å². The Bertz CT molecular complexity index is 1170. The molecule has 1 aliphatic carbocycles. The van der Waals surface area contributed by atoms with Crippen molar-refractivity contribution in [2.75, 3.05) is 18.1 Å². The first-order valence-corrected chi connectivity index (χ1v) is 13.7. The third-order valence-electron chi connectivity index (χ3n) is 5.31. The van der Waals surface area contributed by atoms with Crippen LogP contribution in [0.1, 0.15) is 25.5 Å². The van der Waals surface area contributed by atoms with Crippen molar-refractivity contribution in [3.63, 3.8) is 0 Å². The maximum Gasteiger partial charge on any atom is 0.359 e. The number of esters is 2. The van der Waals surface area contributed by atoms with Crippen molar-refractivity contribution >= 4 is 73.6 Å². The number of aromatic nitrogens is 1. The molecule has 1 aromatic heterocycles. The average molecular weight is 600 g/mol. The van der Waals surface area contributed by atoms with Gasteiger partial charge in [-0.25, -0.2) is 9.78 Å². The van der Waals surface area contributed by atoms with Gasteiger partial charge in [-0.1, -0.05) is 17.8 Å². The summed E-state index contributed by atoms with van der Waals surface area (Å²) in [5.41, 5.74) is 6.21. The Morgan fingerprint density at radius 1 is 1.42 bits per heavy atom. The number of alkyl halides is 1. The quantitative estimate of drug-likeness (QED) is 0.100. The van der Waals surface area contributed by atoms with Crippen molar-refractivity contribution in [2.24, 2.45) is 11.1 Å². The van der Waals surface area contributed by atoms with E-state index in [4.69, 9.17) is 20.0 Å². The van der Waals surface area contributed by atoms with Gasteiger partial charge in [0.25, 0.3) is 11.8 Å². The Morgan fingerprint density at radius 3 is 2.78 bits per heavy atom. The van der Waals surface area contributed by atoms with E-state index in [1.165, 1.54) is 22.7 Å². The van der Waals surface area contributed by atoms with Crippen LogP contribution in [-0.4, -0.2) is 68.3 Å². The molecule has 2 aliphatic heterocycles. The van der Waals surface area contributed by atoms with Gasteiger partial charge in [-0.3, -0.25) is 19.3 Å². The topological polar surface area (TPSA) is 163 Å². The fourth-order valence-corrected chi connectivity index (χ4v) is 5.64. The molecule has 0 radical (unpaired) electrons. The molecule has 4 rings (SSSR count). The summed E-state index contributed by atoms with van der Waals surface area (Å²) < 4.78 is 10.3. The Balaban J connectivity index is 1.46. The Kier molecular flexibility index (Phi) is 8.00. The molecular formula is C21H22BrN5O7S2. The number of anilines is 1. The van der Waals surface area contributed by atoms with E-state index in [1.54, 1.807) is 12.3 Å². The molecular weight excluding hydrogens is 578 g/mol. The largest absolute Gasteiger partial charge is 0.415 e. The predicted octanol–water partition coefficient (Wildman–Crippen LogP) is 1.48. The fourth-order valence-electron chi connectivity index (χ4n) is 3.40. The molecule has 3 aliphatic rings. The summed E-state index contributed by atoms with van der Waals surface area (Å²) in [4.78, 5) is 61.1. The van der Waals surface area contributed by atoms with E-state index in [1.807, 2.05) is 0 Å². The van der Waals surface area contributed by atoms with E-state index >= 15 is 0 Å². The molecule has 3 heterocycles. The van der Waals surface area contributed by atoms with Gasteiger partial charge >= 0.3 is 17.1 Å². The standard InChI is InChI=1S/C21H22BrN5O7S2/c1-3-9-7-35-17-13(25-15(28)12(26-32-4-2)11-8-36-21(23)24-11)16(29)27(17)14(9)19(31)34-20(22)33-18(30)10-5-6-10/h3,8,10,13,17,20H,1,4-7H2,2H3,(H2,23,24)(H,25,28)/t13?,17-,20?/m1/s1. The zero-order valence-corrected chi connectivity index (χ0v) is 22.2. The van der Waals surface area contributed by atoms with E-state index in [9.17, 15) is 19.2 Å². The number of nitrogens with one attached hydrogen (secondary N) is 1. The molecule has 15 heteroatoms. The molecule has 3 atom stereocenters. The van der Waals surface area contributed by atoms with Gasteiger partial charge in [0.1, 0.15) is 29.4 Å². The molecule has 192 valence electrons.